The van der Waals surface area contributed by atoms with Gasteiger partial charge in [0, 0.05) is 18.1 Å². The van der Waals surface area contributed by atoms with Gasteiger partial charge >= 0.3 is 0 Å². The lowest BCUT2D eigenvalue weighted by Gasteiger charge is -2.07. The Morgan fingerprint density at radius 2 is 2.35 bits per heavy atom. The fraction of sp³-hybridized carbons (Fsp3) is 0.400. The molecule has 0 saturated heterocycles. The van der Waals surface area contributed by atoms with E-state index in [-0.39, 0.29) is 0 Å². The first kappa shape index (κ1) is 15.2. The Balaban J connectivity index is 2.24. The van der Waals surface area contributed by atoms with Gasteiger partial charge in [0.05, 0.1) is 12.1 Å². The number of hydrogen-bond donors (Lipinski definition) is 1. The number of H-pyrrole nitrogens is 1. The monoisotopic (exact) mass is 308 g/mol. The van der Waals surface area contributed by atoms with Crippen LogP contribution in [-0.4, -0.2) is 27.7 Å². The second kappa shape index (κ2) is 7.55. The van der Waals surface area contributed by atoms with Crippen LogP contribution < -0.4 is 4.74 Å². The summed E-state index contributed by atoms with van der Waals surface area (Å²) in [6, 6.07) is 6.09. The Morgan fingerprint density at radius 1 is 1.50 bits per heavy atom. The summed E-state index contributed by atoms with van der Waals surface area (Å²) in [5, 5.41) is 0. The second-order valence-electron chi connectivity index (χ2n) is 4.44. The summed E-state index contributed by atoms with van der Waals surface area (Å²) >= 11 is 7.28. The summed E-state index contributed by atoms with van der Waals surface area (Å²) in [6.07, 6.45) is 2.92. The van der Waals surface area contributed by atoms with E-state index >= 15 is 0 Å². The first-order valence-electron chi connectivity index (χ1n) is 6.81. The maximum atomic E-state index is 5.77. The average Bonchev–Trinajstić information content (AvgIpc) is 2.78. The number of aromatic nitrogens is 2. The van der Waals surface area contributed by atoms with E-state index in [2.05, 4.69) is 29.1 Å². The number of hydrogen-bond acceptors (Lipinski definition) is 3. The van der Waals surface area contributed by atoms with Crippen LogP contribution in [0.2, 0.25) is 0 Å². The van der Waals surface area contributed by atoms with Crippen molar-refractivity contribution in [2.45, 2.75) is 19.9 Å². The quantitative estimate of drug-likeness (QED) is 0.445. The van der Waals surface area contributed by atoms with Crippen molar-refractivity contribution in [2.75, 3.05) is 18.1 Å². The van der Waals surface area contributed by atoms with Crippen LogP contribution in [0.4, 0.5) is 0 Å². The van der Waals surface area contributed by atoms with Gasteiger partial charge in [-0.25, -0.2) is 0 Å². The number of imidazole rings is 1. The normalized spacial score (nSPS) is 10.8. The zero-order valence-corrected chi connectivity index (χ0v) is 13.4. The van der Waals surface area contributed by atoms with Crippen molar-refractivity contribution >= 4 is 35.0 Å². The molecule has 1 heterocycles. The zero-order chi connectivity index (χ0) is 14.4. The highest BCUT2D eigenvalue weighted by atomic mass is 32.2. The summed E-state index contributed by atoms with van der Waals surface area (Å²) in [5.41, 5.74) is 2.11. The molecule has 0 saturated carbocycles. The van der Waals surface area contributed by atoms with Crippen LogP contribution in [0, 0.1) is 4.77 Å². The third-order valence-corrected chi connectivity index (χ3v) is 4.19. The van der Waals surface area contributed by atoms with Crippen LogP contribution >= 0.6 is 24.0 Å². The molecular formula is C15H20N2OS2. The Kier molecular flexibility index (Phi) is 5.73. The van der Waals surface area contributed by atoms with Crippen LogP contribution in [0.5, 0.6) is 5.75 Å². The number of nitrogens with one attached hydrogen (secondary N) is 1. The van der Waals surface area contributed by atoms with Gasteiger partial charge in [-0.1, -0.05) is 19.1 Å². The number of nitrogens with zero attached hydrogens (tertiary/aromatic N) is 1. The van der Waals surface area contributed by atoms with E-state index in [9.17, 15) is 0 Å². The lowest BCUT2D eigenvalue weighted by molar-refractivity contribution is 0.320. The lowest BCUT2D eigenvalue weighted by atomic mass is 10.3. The highest BCUT2D eigenvalue weighted by Gasteiger charge is 2.08. The Morgan fingerprint density at radius 3 is 3.10 bits per heavy atom. The molecule has 0 aliphatic heterocycles. The average molecular weight is 308 g/mol. The first-order chi connectivity index (χ1) is 9.77. The molecule has 0 spiro atoms. The van der Waals surface area contributed by atoms with E-state index in [1.807, 2.05) is 30.0 Å². The summed E-state index contributed by atoms with van der Waals surface area (Å²) in [7, 11) is 0. The Hall–Kier alpha value is -1.20. The molecular weight excluding hydrogens is 288 g/mol. The minimum absolute atomic E-state index is 0.722. The summed E-state index contributed by atoms with van der Waals surface area (Å²) in [4.78, 5) is 3.27. The number of benzene rings is 1. The highest BCUT2D eigenvalue weighted by molar-refractivity contribution is 7.99. The molecule has 0 aliphatic rings. The van der Waals surface area contributed by atoms with E-state index in [1.54, 1.807) is 0 Å². The molecule has 2 aromatic rings. The van der Waals surface area contributed by atoms with Crippen molar-refractivity contribution in [1.29, 1.82) is 0 Å². The van der Waals surface area contributed by atoms with Gasteiger partial charge in [-0.3, -0.25) is 0 Å². The fourth-order valence-electron chi connectivity index (χ4n) is 2.03. The molecule has 20 heavy (non-hydrogen) atoms. The second-order valence-corrected chi connectivity index (χ2v) is 5.98. The minimum Gasteiger partial charge on any atom is -0.491 e. The molecule has 0 amide bonds. The van der Waals surface area contributed by atoms with Gasteiger partial charge in [0.2, 0.25) is 0 Å². The van der Waals surface area contributed by atoms with E-state index in [1.165, 1.54) is 0 Å². The van der Waals surface area contributed by atoms with Gasteiger partial charge in [-0.15, -0.1) is 6.58 Å². The largest absolute Gasteiger partial charge is 0.491 e. The molecule has 0 unspecified atom stereocenters. The Bertz CT molecular complexity index is 630. The van der Waals surface area contributed by atoms with Crippen LogP contribution in [0.1, 0.15) is 13.3 Å². The minimum atomic E-state index is 0.722. The molecule has 1 N–H and O–H groups in total. The van der Waals surface area contributed by atoms with Gasteiger partial charge in [0.15, 0.2) is 4.77 Å². The van der Waals surface area contributed by atoms with Gasteiger partial charge in [-0.05, 0) is 30.8 Å². The maximum Gasteiger partial charge on any atom is 0.178 e. The first-order valence-corrected chi connectivity index (χ1v) is 8.37. The van der Waals surface area contributed by atoms with Gasteiger partial charge in [0.25, 0.3) is 0 Å². The number of rotatable bonds is 8. The smallest absolute Gasteiger partial charge is 0.178 e. The summed E-state index contributed by atoms with van der Waals surface area (Å²) in [6.45, 7) is 7.45. The van der Waals surface area contributed by atoms with E-state index < -0.39 is 0 Å². The number of aryl methyl sites for hydroxylation is 1. The molecule has 0 bridgehead atoms. The maximum absolute atomic E-state index is 5.77. The molecule has 0 fully saturated rings. The molecule has 0 aliphatic carbocycles. The third kappa shape index (κ3) is 3.46. The number of aromatic amines is 1. The topological polar surface area (TPSA) is 29.9 Å². The molecule has 5 heteroatoms. The van der Waals surface area contributed by atoms with E-state index in [4.69, 9.17) is 17.0 Å². The summed E-state index contributed by atoms with van der Waals surface area (Å²) in [5.74, 6) is 2.88. The van der Waals surface area contributed by atoms with Crippen LogP contribution in [0.25, 0.3) is 11.0 Å². The van der Waals surface area contributed by atoms with Crippen LogP contribution in [0.3, 0.4) is 0 Å². The zero-order valence-electron chi connectivity index (χ0n) is 11.7. The molecule has 108 valence electrons. The number of para-hydroxylation sites is 1. The van der Waals surface area contributed by atoms with Crippen molar-refractivity contribution in [3.8, 4) is 5.75 Å². The number of thioether (sulfide) groups is 1. The van der Waals surface area contributed by atoms with Crippen LogP contribution in [-0.2, 0) is 6.54 Å². The molecule has 0 radical (unpaired) electrons. The van der Waals surface area contributed by atoms with Gasteiger partial charge in [0.1, 0.15) is 11.3 Å². The standard InChI is InChI=1S/C15H20N2OS2/c1-3-9-18-13-7-5-6-12-14(13)16-15(19)17(12)8-11-20-10-4-2/h4-7H,2-3,8-11H2,1H3,(H,16,19). The van der Waals surface area contributed by atoms with Crippen molar-refractivity contribution in [2.24, 2.45) is 0 Å². The molecule has 1 aromatic carbocycles. The van der Waals surface area contributed by atoms with Gasteiger partial charge in [-0.2, -0.15) is 11.8 Å². The number of ether oxygens (including phenoxy) is 1. The predicted molar refractivity (Wildman–Crippen MR) is 90.4 cm³/mol. The number of fused-ring (bicyclic) bond motifs is 1. The van der Waals surface area contributed by atoms with Crippen molar-refractivity contribution in [3.63, 3.8) is 0 Å². The van der Waals surface area contributed by atoms with Crippen molar-refractivity contribution in [3.05, 3.63) is 35.6 Å². The van der Waals surface area contributed by atoms with E-state index in [0.717, 1.165) is 52.6 Å². The summed E-state index contributed by atoms with van der Waals surface area (Å²) < 4.78 is 8.67. The molecule has 2 rings (SSSR count). The predicted octanol–water partition coefficient (Wildman–Crippen LogP) is 4.41. The van der Waals surface area contributed by atoms with Crippen molar-refractivity contribution in [1.82, 2.24) is 9.55 Å². The van der Waals surface area contributed by atoms with Crippen molar-refractivity contribution < 1.29 is 4.74 Å². The molecule has 0 atom stereocenters. The highest BCUT2D eigenvalue weighted by Crippen LogP contribution is 2.25. The lowest BCUT2D eigenvalue weighted by Crippen LogP contribution is -2.01. The fourth-order valence-corrected chi connectivity index (χ4v) is 2.97. The molecule has 1 aromatic heterocycles. The van der Waals surface area contributed by atoms with Crippen LogP contribution in [0.15, 0.2) is 30.9 Å². The molecule has 3 nitrogen and oxygen atoms in total. The third-order valence-electron chi connectivity index (χ3n) is 2.93. The Labute approximate surface area is 129 Å². The van der Waals surface area contributed by atoms with E-state index in [0.29, 0.717) is 0 Å². The SMILES string of the molecule is C=CCSCCn1c(=S)[nH]c2c(OCCC)cccc21. The van der Waals surface area contributed by atoms with Gasteiger partial charge < -0.3 is 14.3 Å².